The molecule has 0 saturated heterocycles. The van der Waals surface area contributed by atoms with Gasteiger partial charge >= 0.3 is 5.97 Å². The molecule has 0 saturated carbocycles. The Morgan fingerprint density at radius 2 is 1.71 bits per heavy atom. The van der Waals surface area contributed by atoms with Crippen molar-refractivity contribution < 1.29 is 14.3 Å². The van der Waals surface area contributed by atoms with Crippen molar-refractivity contribution in [2.24, 2.45) is 0 Å². The highest BCUT2D eigenvalue weighted by Crippen LogP contribution is 2.23. The van der Waals surface area contributed by atoms with Crippen LogP contribution in [0.1, 0.15) is 10.4 Å². The number of hydrogen-bond donors (Lipinski definition) is 2. The van der Waals surface area contributed by atoms with E-state index in [1.807, 2.05) is 30.3 Å². The zero-order chi connectivity index (χ0) is 19.9. The molecule has 0 aliphatic rings. The quantitative estimate of drug-likeness (QED) is 0.557. The predicted molar refractivity (Wildman–Crippen MR) is 109 cm³/mol. The van der Waals surface area contributed by atoms with E-state index in [1.54, 1.807) is 24.3 Å². The molecule has 142 valence electrons. The molecule has 0 spiro atoms. The Morgan fingerprint density at radius 1 is 1.00 bits per heavy atom. The summed E-state index contributed by atoms with van der Waals surface area (Å²) in [6.45, 7) is -0.487. The second-order valence-electron chi connectivity index (χ2n) is 5.64. The van der Waals surface area contributed by atoms with Gasteiger partial charge in [-0.2, -0.15) is 0 Å². The molecular formula is C20H15Cl2N3O3. The SMILES string of the molecule is O=C(COC(=O)c1ccccc1Nc1ccccc1)Nc1ncc(Cl)cc1Cl. The molecule has 6 nitrogen and oxygen atoms in total. The molecule has 0 radical (unpaired) electrons. The lowest BCUT2D eigenvalue weighted by molar-refractivity contribution is -0.119. The summed E-state index contributed by atoms with van der Waals surface area (Å²) in [4.78, 5) is 28.4. The van der Waals surface area contributed by atoms with Crippen molar-refractivity contribution in [3.63, 3.8) is 0 Å². The van der Waals surface area contributed by atoms with Crippen LogP contribution in [-0.2, 0) is 9.53 Å². The number of amides is 1. The number of para-hydroxylation sites is 2. The van der Waals surface area contributed by atoms with Crippen molar-refractivity contribution in [1.82, 2.24) is 4.98 Å². The molecule has 1 heterocycles. The number of nitrogens with one attached hydrogen (secondary N) is 2. The maximum absolute atomic E-state index is 12.4. The predicted octanol–water partition coefficient (Wildman–Crippen LogP) is 4.93. The molecule has 0 fully saturated rings. The number of hydrogen-bond acceptors (Lipinski definition) is 5. The molecule has 2 aromatic carbocycles. The van der Waals surface area contributed by atoms with E-state index in [0.29, 0.717) is 16.3 Å². The number of halogens is 2. The van der Waals surface area contributed by atoms with Gasteiger partial charge in [0.25, 0.3) is 5.91 Å². The molecular weight excluding hydrogens is 401 g/mol. The molecule has 0 atom stereocenters. The number of rotatable bonds is 6. The van der Waals surface area contributed by atoms with Crippen LogP contribution >= 0.6 is 23.2 Å². The van der Waals surface area contributed by atoms with Crippen molar-refractivity contribution in [3.05, 3.63) is 82.5 Å². The maximum atomic E-state index is 12.4. The van der Waals surface area contributed by atoms with Gasteiger partial charge in [0.15, 0.2) is 12.4 Å². The summed E-state index contributed by atoms with van der Waals surface area (Å²) >= 11 is 11.7. The van der Waals surface area contributed by atoms with E-state index < -0.39 is 18.5 Å². The van der Waals surface area contributed by atoms with E-state index in [0.717, 1.165) is 5.69 Å². The van der Waals surface area contributed by atoms with E-state index in [1.165, 1.54) is 12.3 Å². The summed E-state index contributed by atoms with van der Waals surface area (Å²) in [6, 6.07) is 17.7. The van der Waals surface area contributed by atoms with Crippen LogP contribution < -0.4 is 10.6 Å². The lowest BCUT2D eigenvalue weighted by atomic mass is 10.1. The van der Waals surface area contributed by atoms with Gasteiger partial charge in [-0.3, -0.25) is 4.79 Å². The number of carbonyl (C=O) groups is 2. The third kappa shape index (κ3) is 5.22. The number of anilines is 3. The lowest BCUT2D eigenvalue weighted by Gasteiger charge is -2.12. The number of ether oxygens (including phenoxy) is 1. The monoisotopic (exact) mass is 415 g/mol. The van der Waals surface area contributed by atoms with Crippen LogP contribution in [-0.4, -0.2) is 23.5 Å². The minimum Gasteiger partial charge on any atom is -0.452 e. The molecule has 3 aromatic rings. The van der Waals surface area contributed by atoms with Gasteiger partial charge in [-0.1, -0.05) is 53.5 Å². The van der Waals surface area contributed by atoms with E-state index >= 15 is 0 Å². The van der Waals surface area contributed by atoms with E-state index in [-0.39, 0.29) is 10.8 Å². The van der Waals surface area contributed by atoms with Gasteiger partial charge in [-0.05, 0) is 30.3 Å². The standard InChI is InChI=1S/C20H15Cl2N3O3/c21-13-10-16(22)19(23-11-13)25-18(26)12-28-20(27)15-8-4-5-9-17(15)24-14-6-2-1-3-7-14/h1-11,24H,12H2,(H,23,25,26). The average molecular weight is 416 g/mol. The fourth-order valence-electron chi connectivity index (χ4n) is 2.33. The smallest absolute Gasteiger partial charge is 0.340 e. The Bertz CT molecular complexity index is 997. The molecule has 1 aromatic heterocycles. The fourth-order valence-corrected chi connectivity index (χ4v) is 2.76. The van der Waals surface area contributed by atoms with Gasteiger partial charge < -0.3 is 15.4 Å². The van der Waals surface area contributed by atoms with Crippen molar-refractivity contribution >= 4 is 52.3 Å². The number of aromatic nitrogens is 1. The highest BCUT2D eigenvalue weighted by Gasteiger charge is 2.15. The van der Waals surface area contributed by atoms with Crippen LogP contribution in [0.2, 0.25) is 10.0 Å². The summed E-state index contributed by atoms with van der Waals surface area (Å²) < 4.78 is 5.12. The molecule has 2 N–H and O–H groups in total. The Hall–Kier alpha value is -3.09. The van der Waals surface area contributed by atoms with Gasteiger partial charge in [0.2, 0.25) is 0 Å². The molecule has 0 aliphatic carbocycles. The minimum atomic E-state index is -0.635. The fraction of sp³-hybridized carbons (Fsp3) is 0.0500. The van der Waals surface area contributed by atoms with Crippen LogP contribution in [0.3, 0.4) is 0 Å². The first-order valence-corrected chi connectivity index (χ1v) is 8.97. The van der Waals surface area contributed by atoms with Gasteiger partial charge in [-0.25, -0.2) is 9.78 Å². The Balaban J connectivity index is 1.62. The zero-order valence-corrected chi connectivity index (χ0v) is 16.0. The second kappa shape index (κ2) is 9.21. The lowest BCUT2D eigenvalue weighted by Crippen LogP contribution is -2.22. The van der Waals surface area contributed by atoms with Crippen molar-refractivity contribution in [2.75, 3.05) is 17.2 Å². The summed E-state index contributed by atoms with van der Waals surface area (Å²) in [5.41, 5.74) is 1.70. The van der Waals surface area contributed by atoms with Crippen LogP contribution in [0, 0.1) is 0 Å². The third-order valence-electron chi connectivity index (χ3n) is 3.60. The Labute approximate surface area is 171 Å². The minimum absolute atomic E-state index is 0.137. The topological polar surface area (TPSA) is 80.3 Å². The highest BCUT2D eigenvalue weighted by atomic mass is 35.5. The number of carbonyl (C=O) groups excluding carboxylic acids is 2. The number of nitrogens with zero attached hydrogens (tertiary/aromatic N) is 1. The molecule has 1 amide bonds. The van der Waals surface area contributed by atoms with Crippen molar-refractivity contribution in [2.45, 2.75) is 0 Å². The van der Waals surface area contributed by atoms with Crippen LogP contribution in [0.4, 0.5) is 17.2 Å². The summed E-state index contributed by atoms with van der Waals surface area (Å²) in [5, 5.41) is 6.15. The molecule has 0 bridgehead atoms. The molecule has 28 heavy (non-hydrogen) atoms. The number of pyridine rings is 1. The van der Waals surface area contributed by atoms with Gasteiger partial charge in [0.05, 0.1) is 21.3 Å². The van der Waals surface area contributed by atoms with Gasteiger partial charge in [0.1, 0.15) is 0 Å². The van der Waals surface area contributed by atoms with Crippen molar-refractivity contribution in [1.29, 1.82) is 0 Å². The van der Waals surface area contributed by atoms with Crippen LogP contribution in [0.5, 0.6) is 0 Å². The summed E-state index contributed by atoms with van der Waals surface area (Å²) in [7, 11) is 0. The molecule has 0 aliphatic heterocycles. The summed E-state index contributed by atoms with van der Waals surface area (Å²) in [5.74, 6) is -1.07. The third-order valence-corrected chi connectivity index (χ3v) is 4.09. The van der Waals surface area contributed by atoms with Crippen molar-refractivity contribution in [3.8, 4) is 0 Å². The first-order valence-electron chi connectivity index (χ1n) is 8.22. The molecule has 3 rings (SSSR count). The molecule has 0 unspecified atom stereocenters. The van der Waals surface area contributed by atoms with Gasteiger partial charge in [-0.15, -0.1) is 0 Å². The largest absolute Gasteiger partial charge is 0.452 e. The summed E-state index contributed by atoms with van der Waals surface area (Å²) in [6.07, 6.45) is 1.35. The first kappa shape index (κ1) is 19.7. The molecule has 8 heteroatoms. The Morgan fingerprint density at radius 3 is 2.46 bits per heavy atom. The van der Waals surface area contributed by atoms with Gasteiger partial charge in [0, 0.05) is 11.9 Å². The van der Waals surface area contributed by atoms with Crippen LogP contribution in [0.15, 0.2) is 66.9 Å². The zero-order valence-electron chi connectivity index (χ0n) is 14.5. The number of esters is 1. The van der Waals surface area contributed by atoms with Crippen LogP contribution in [0.25, 0.3) is 0 Å². The number of benzene rings is 2. The average Bonchev–Trinajstić information content (AvgIpc) is 2.69. The maximum Gasteiger partial charge on any atom is 0.340 e. The Kier molecular flexibility index (Phi) is 6.47. The first-order chi connectivity index (χ1) is 13.5. The highest BCUT2D eigenvalue weighted by molar-refractivity contribution is 6.36. The second-order valence-corrected chi connectivity index (χ2v) is 6.49. The van der Waals surface area contributed by atoms with E-state index in [2.05, 4.69) is 15.6 Å². The normalized spacial score (nSPS) is 10.2. The van der Waals surface area contributed by atoms with E-state index in [4.69, 9.17) is 27.9 Å². The van der Waals surface area contributed by atoms with E-state index in [9.17, 15) is 9.59 Å².